The Bertz CT molecular complexity index is 723. The van der Waals surface area contributed by atoms with Gasteiger partial charge in [-0.05, 0) is 38.8 Å². The number of alkyl halides is 2. The van der Waals surface area contributed by atoms with E-state index < -0.39 is 35.9 Å². The first kappa shape index (κ1) is 20.6. The molecule has 0 spiro atoms. The molecule has 1 unspecified atom stereocenters. The van der Waals surface area contributed by atoms with E-state index in [0.29, 0.717) is 19.4 Å². The van der Waals surface area contributed by atoms with E-state index in [0.717, 1.165) is 0 Å². The number of hydrogen-bond donors (Lipinski definition) is 2. The molecule has 2 N–H and O–H groups in total. The summed E-state index contributed by atoms with van der Waals surface area (Å²) >= 11 is 0. The van der Waals surface area contributed by atoms with E-state index in [4.69, 9.17) is 5.11 Å². The first-order chi connectivity index (χ1) is 12.6. The topological polar surface area (TPSA) is 95.9 Å². The van der Waals surface area contributed by atoms with Crippen LogP contribution in [0.3, 0.4) is 0 Å². The average Bonchev–Trinajstić information content (AvgIpc) is 2.60. The molecule has 1 aromatic rings. The molecule has 7 nitrogen and oxygen atoms in total. The van der Waals surface area contributed by atoms with Crippen LogP contribution in [0.4, 0.5) is 8.78 Å². The number of amides is 2. The first-order valence-corrected chi connectivity index (χ1v) is 8.50. The Labute approximate surface area is 155 Å². The molecule has 1 fully saturated rings. The van der Waals surface area contributed by atoms with Gasteiger partial charge in [-0.25, -0.2) is 4.79 Å². The molecule has 0 aromatic heterocycles. The van der Waals surface area contributed by atoms with Gasteiger partial charge < -0.3 is 20.1 Å². The fraction of sp³-hybridized carbons (Fsp3) is 0.500. The van der Waals surface area contributed by atoms with Crippen LogP contribution in [-0.4, -0.2) is 53.0 Å². The number of carboxylic acid groups (broad SMARTS) is 1. The van der Waals surface area contributed by atoms with Crippen LogP contribution in [0.2, 0.25) is 0 Å². The quantitative estimate of drug-likeness (QED) is 0.783. The highest BCUT2D eigenvalue weighted by Crippen LogP contribution is 2.25. The van der Waals surface area contributed by atoms with Crippen molar-refractivity contribution < 1.29 is 33.0 Å². The van der Waals surface area contributed by atoms with E-state index in [1.54, 1.807) is 0 Å². The summed E-state index contributed by atoms with van der Waals surface area (Å²) in [5.74, 6) is -2.95. The molecule has 1 saturated heterocycles. The summed E-state index contributed by atoms with van der Waals surface area (Å²) in [5, 5.41) is 11.6. The van der Waals surface area contributed by atoms with Gasteiger partial charge in [-0.1, -0.05) is 12.1 Å². The van der Waals surface area contributed by atoms with Crippen LogP contribution in [0.5, 0.6) is 5.75 Å². The highest BCUT2D eigenvalue weighted by molar-refractivity contribution is 5.97. The molecule has 148 valence electrons. The summed E-state index contributed by atoms with van der Waals surface area (Å²) in [6, 6.07) is 5.68. The number of carbonyl (C=O) groups excluding carboxylic acids is 2. The molecule has 0 bridgehead atoms. The van der Waals surface area contributed by atoms with Gasteiger partial charge in [0, 0.05) is 13.1 Å². The van der Waals surface area contributed by atoms with Gasteiger partial charge in [-0.3, -0.25) is 9.59 Å². The Balaban J connectivity index is 2.11. The highest BCUT2D eigenvalue weighted by atomic mass is 19.3. The lowest BCUT2D eigenvalue weighted by Crippen LogP contribution is -2.54. The Kier molecular flexibility index (Phi) is 6.35. The van der Waals surface area contributed by atoms with Crippen LogP contribution < -0.4 is 10.1 Å². The average molecular weight is 384 g/mol. The molecule has 0 saturated carbocycles. The van der Waals surface area contributed by atoms with Gasteiger partial charge in [0.2, 0.25) is 5.91 Å². The normalized spacial score (nSPS) is 17.5. The van der Waals surface area contributed by atoms with Crippen molar-refractivity contribution in [3.63, 3.8) is 0 Å². The summed E-state index contributed by atoms with van der Waals surface area (Å²) in [6.07, 6.45) is 1.04. The van der Waals surface area contributed by atoms with E-state index in [1.165, 1.54) is 43.0 Å². The van der Waals surface area contributed by atoms with Crippen molar-refractivity contribution in [2.24, 2.45) is 5.92 Å². The second-order valence-corrected chi connectivity index (χ2v) is 6.88. The molecule has 1 aromatic carbocycles. The van der Waals surface area contributed by atoms with E-state index in [9.17, 15) is 23.2 Å². The summed E-state index contributed by atoms with van der Waals surface area (Å²) in [7, 11) is 0. The minimum Gasteiger partial charge on any atom is -0.480 e. The number of benzene rings is 1. The van der Waals surface area contributed by atoms with Crippen LogP contribution in [-0.2, 0) is 9.59 Å². The highest BCUT2D eigenvalue weighted by Gasteiger charge is 2.35. The third-order valence-corrected chi connectivity index (χ3v) is 4.38. The van der Waals surface area contributed by atoms with Gasteiger partial charge in [0.25, 0.3) is 5.91 Å². The van der Waals surface area contributed by atoms with Crippen molar-refractivity contribution >= 4 is 17.8 Å². The fourth-order valence-corrected chi connectivity index (χ4v) is 2.85. The molecular formula is C18H22F2N2O5. The second kappa shape index (κ2) is 8.32. The van der Waals surface area contributed by atoms with Crippen molar-refractivity contribution in [1.82, 2.24) is 10.2 Å². The molecule has 1 aliphatic rings. The number of nitrogens with one attached hydrogen (secondary N) is 1. The lowest BCUT2D eigenvalue weighted by Gasteiger charge is -2.34. The fourth-order valence-electron chi connectivity index (χ4n) is 2.85. The molecule has 0 aliphatic carbocycles. The predicted molar refractivity (Wildman–Crippen MR) is 91.6 cm³/mol. The van der Waals surface area contributed by atoms with Crippen molar-refractivity contribution in [1.29, 1.82) is 0 Å². The molecule has 2 rings (SSSR count). The smallest absolute Gasteiger partial charge is 0.387 e. The SMILES string of the molecule is CC(C)(NC(=O)C1CCCN(C(=O)c2ccccc2OC(F)F)C1)C(=O)O. The zero-order valence-corrected chi connectivity index (χ0v) is 15.1. The van der Waals surface area contributed by atoms with Gasteiger partial charge in [0.1, 0.15) is 11.3 Å². The predicted octanol–water partition coefficient (Wildman–Crippen LogP) is 2.12. The standard InChI is InChI=1S/C18H22F2N2O5/c1-18(2,16(25)26)21-14(23)11-6-5-9-22(10-11)15(24)12-7-3-4-8-13(12)27-17(19)20/h3-4,7-8,11,17H,5-6,9-10H2,1-2H3,(H,21,23)(H,25,26). The number of aliphatic carboxylic acids is 1. The van der Waals surface area contributed by atoms with Crippen molar-refractivity contribution in [3.05, 3.63) is 29.8 Å². The van der Waals surface area contributed by atoms with Crippen LogP contribution in [0.1, 0.15) is 37.0 Å². The largest absolute Gasteiger partial charge is 0.480 e. The molecule has 1 aliphatic heterocycles. The number of ether oxygens (including phenoxy) is 1. The molecule has 0 radical (unpaired) electrons. The van der Waals surface area contributed by atoms with Crippen molar-refractivity contribution in [2.75, 3.05) is 13.1 Å². The number of hydrogen-bond acceptors (Lipinski definition) is 4. The van der Waals surface area contributed by atoms with Crippen LogP contribution in [0, 0.1) is 5.92 Å². The van der Waals surface area contributed by atoms with Crippen molar-refractivity contribution in [2.45, 2.75) is 38.8 Å². The zero-order valence-electron chi connectivity index (χ0n) is 15.1. The molecule has 2 amide bonds. The number of carboxylic acids is 1. The third-order valence-electron chi connectivity index (χ3n) is 4.38. The zero-order chi connectivity index (χ0) is 20.2. The maximum Gasteiger partial charge on any atom is 0.387 e. The van der Waals surface area contributed by atoms with Crippen molar-refractivity contribution in [3.8, 4) is 5.75 Å². The summed E-state index contributed by atoms with van der Waals surface area (Å²) in [4.78, 5) is 37.7. The van der Waals surface area contributed by atoms with Crippen LogP contribution in [0.15, 0.2) is 24.3 Å². The van der Waals surface area contributed by atoms with Gasteiger partial charge in [-0.2, -0.15) is 8.78 Å². The molecular weight excluding hydrogens is 362 g/mol. The Morgan fingerprint density at radius 2 is 1.96 bits per heavy atom. The number of carbonyl (C=O) groups is 3. The molecule has 1 heterocycles. The summed E-state index contributed by atoms with van der Waals surface area (Å²) in [5.41, 5.74) is -1.44. The van der Waals surface area contributed by atoms with Crippen LogP contribution in [0.25, 0.3) is 0 Å². The van der Waals surface area contributed by atoms with Gasteiger partial charge >= 0.3 is 12.6 Å². The number of likely N-dealkylation sites (tertiary alicyclic amines) is 1. The Morgan fingerprint density at radius 1 is 1.30 bits per heavy atom. The number of rotatable bonds is 6. The maximum atomic E-state index is 12.7. The Hall–Kier alpha value is -2.71. The lowest BCUT2D eigenvalue weighted by molar-refractivity contribution is -0.147. The number of nitrogens with zero attached hydrogens (tertiary/aromatic N) is 1. The van der Waals surface area contributed by atoms with Crippen LogP contribution >= 0.6 is 0 Å². The minimum absolute atomic E-state index is 0.00951. The van der Waals surface area contributed by atoms with E-state index in [-0.39, 0.29) is 17.9 Å². The third kappa shape index (κ3) is 5.15. The maximum absolute atomic E-state index is 12.7. The summed E-state index contributed by atoms with van der Waals surface area (Å²) < 4.78 is 29.5. The van der Waals surface area contributed by atoms with Gasteiger partial charge in [0.15, 0.2) is 0 Å². The molecule has 1 atom stereocenters. The van der Waals surface area contributed by atoms with Gasteiger partial charge in [0.05, 0.1) is 11.5 Å². The second-order valence-electron chi connectivity index (χ2n) is 6.88. The number of para-hydroxylation sites is 1. The summed E-state index contributed by atoms with van der Waals surface area (Å²) in [6.45, 7) is 0.127. The Morgan fingerprint density at radius 3 is 2.59 bits per heavy atom. The number of halogens is 2. The van der Waals surface area contributed by atoms with Gasteiger partial charge in [-0.15, -0.1) is 0 Å². The number of piperidine rings is 1. The lowest BCUT2D eigenvalue weighted by atomic mass is 9.94. The minimum atomic E-state index is -3.06. The monoisotopic (exact) mass is 384 g/mol. The molecule has 9 heteroatoms. The first-order valence-electron chi connectivity index (χ1n) is 8.50. The van der Waals surface area contributed by atoms with E-state index >= 15 is 0 Å². The van der Waals surface area contributed by atoms with E-state index in [2.05, 4.69) is 10.1 Å². The molecule has 27 heavy (non-hydrogen) atoms. The van der Waals surface area contributed by atoms with E-state index in [1.807, 2.05) is 0 Å².